The van der Waals surface area contributed by atoms with E-state index in [2.05, 4.69) is 20.9 Å². The first-order chi connectivity index (χ1) is 10.2. The van der Waals surface area contributed by atoms with Crippen LogP contribution in [0.3, 0.4) is 0 Å². The van der Waals surface area contributed by atoms with Gasteiger partial charge in [-0.05, 0) is 43.8 Å². The Bertz CT molecular complexity index is 590. The lowest BCUT2D eigenvalue weighted by Gasteiger charge is -2.12. The van der Waals surface area contributed by atoms with E-state index in [1.165, 1.54) is 0 Å². The maximum Gasteiger partial charge on any atom is 0.141 e. The molecule has 0 bridgehead atoms. The van der Waals surface area contributed by atoms with Crippen LogP contribution in [0.25, 0.3) is 0 Å². The molecule has 0 atom stereocenters. The molecule has 0 spiro atoms. The number of hydrogen-bond acceptors (Lipinski definition) is 4. The molecule has 2 N–H and O–H groups in total. The quantitative estimate of drug-likeness (QED) is 0.779. The summed E-state index contributed by atoms with van der Waals surface area (Å²) in [6, 6.07) is 11.6. The largest absolute Gasteiger partial charge is 0.490 e. The van der Waals surface area contributed by atoms with Gasteiger partial charge in [-0.3, -0.25) is 4.98 Å². The Kier molecular flexibility index (Phi) is 6.02. The molecular weight excluding hydrogens is 332 g/mol. The normalized spacial score (nSPS) is 10.4. The predicted molar refractivity (Wildman–Crippen MR) is 86.9 cm³/mol. The zero-order valence-electron chi connectivity index (χ0n) is 12.0. The second kappa shape index (κ2) is 8.00. The first-order valence-electron chi connectivity index (χ1n) is 6.87. The molecule has 2 aromatic rings. The van der Waals surface area contributed by atoms with Crippen molar-refractivity contribution in [2.24, 2.45) is 5.73 Å². The highest BCUT2D eigenvalue weighted by molar-refractivity contribution is 9.10. The molecule has 4 nitrogen and oxygen atoms in total. The smallest absolute Gasteiger partial charge is 0.141 e. The second-order valence-corrected chi connectivity index (χ2v) is 5.51. The van der Waals surface area contributed by atoms with Crippen molar-refractivity contribution in [2.45, 2.75) is 13.3 Å². The predicted octanol–water partition coefficient (Wildman–Crippen LogP) is 3.11. The summed E-state index contributed by atoms with van der Waals surface area (Å²) in [5.74, 6) is 1.60. The summed E-state index contributed by atoms with van der Waals surface area (Å²) in [6.07, 6.45) is 0.712. The van der Waals surface area contributed by atoms with Crippen LogP contribution in [-0.2, 0) is 6.42 Å². The second-order valence-electron chi connectivity index (χ2n) is 4.59. The lowest BCUT2D eigenvalue weighted by molar-refractivity contribution is 0.215. The van der Waals surface area contributed by atoms with Crippen LogP contribution in [-0.4, -0.2) is 24.7 Å². The summed E-state index contributed by atoms with van der Waals surface area (Å²) in [7, 11) is 0. The van der Waals surface area contributed by atoms with Gasteiger partial charge in [0.2, 0.25) is 0 Å². The molecule has 5 heteroatoms. The molecule has 1 aromatic heterocycles. The first kappa shape index (κ1) is 15.8. The molecule has 0 aliphatic rings. The Hall–Kier alpha value is -1.59. The van der Waals surface area contributed by atoms with Crippen molar-refractivity contribution in [3.63, 3.8) is 0 Å². The van der Waals surface area contributed by atoms with Crippen LogP contribution >= 0.6 is 15.9 Å². The number of benzene rings is 1. The van der Waals surface area contributed by atoms with Crippen molar-refractivity contribution in [2.75, 3.05) is 19.8 Å². The minimum atomic E-state index is 0.467. The van der Waals surface area contributed by atoms with Crippen molar-refractivity contribution < 1.29 is 9.47 Å². The van der Waals surface area contributed by atoms with E-state index in [1.54, 1.807) is 0 Å². The van der Waals surface area contributed by atoms with Gasteiger partial charge < -0.3 is 15.2 Å². The van der Waals surface area contributed by atoms with E-state index in [1.807, 2.05) is 43.3 Å². The topological polar surface area (TPSA) is 57.4 Å². The fraction of sp³-hybridized carbons (Fsp3) is 0.312. The Morgan fingerprint density at radius 2 is 1.95 bits per heavy atom. The van der Waals surface area contributed by atoms with Crippen LogP contribution in [0.1, 0.15) is 11.4 Å². The van der Waals surface area contributed by atoms with Gasteiger partial charge in [0, 0.05) is 16.6 Å². The third-order valence-electron chi connectivity index (χ3n) is 2.86. The van der Waals surface area contributed by atoms with Crippen LogP contribution in [0.15, 0.2) is 40.9 Å². The fourth-order valence-corrected chi connectivity index (χ4v) is 2.29. The van der Waals surface area contributed by atoms with Crippen molar-refractivity contribution >= 4 is 15.9 Å². The number of rotatable bonds is 7. The highest BCUT2D eigenvalue weighted by Gasteiger charge is 2.05. The minimum Gasteiger partial charge on any atom is -0.490 e. The van der Waals surface area contributed by atoms with E-state index in [4.69, 9.17) is 15.2 Å². The SMILES string of the molecule is Cc1ccc(OCCOc2cccc(Br)c2)c(CCN)n1. The van der Waals surface area contributed by atoms with Crippen LogP contribution in [0.5, 0.6) is 11.5 Å². The molecule has 0 aliphatic heterocycles. The van der Waals surface area contributed by atoms with Gasteiger partial charge in [-0.15, -0.1) is 0 Å². The summed E-state index contributed by atoms with van der Waals surface area (Å²) in [5, 5.41) is 0. The Morgan fingerprint density at radius 1 is 1.14 bits per heavy atom. The van der Waals surface area contributed by atoms with Crippen LogP contribution in [0.2, 0.25) is 0 Å². The maximum absolute atomic E-state index is 5.74. The summed E-state index contributed by atoms with van der Waals surface area (Å²) in [5.41, 5.74) is 7.47. The summed E-state index contributed by atoms with van der Waals surface area (Å²) in [4.78, 5) is 4.46. The average molecular weight is 351 g/mol. The fourth-order valence-electron chi connectivity index (χ4n) is 1.91. The molecular formula is C16H19BrN2O2. The van der Waals surface area contributed by atoms with Gasteiger partial charge in [0.1, 0.15) is 24.7 Å². The molecule has 0 saturated heterocycles. The number of nitrogens with two attached hydrogens (primary N) is 1. The molecule has 1 aromatic carbocycles. The van der Waals surface area contributed by atoms with E-state index < -0.39 is 0 Å². The van der Waals surface area contributed by atoms with E-state index in [0.29, 0.717) is 26.2 Å². The Morgan fingerprint density at radius 3 is 2.71 bits per heavy atom. The van der Waals surface area contributed by atoms with Gasteiger partial charge in [-0.2, -0.15) is 0 Å². The number of ether oxygens (including phenoxy) is 2. The lowest BCUT2D eigenvalue weighted by Crippen LogP contribution is -2.12. The molecule has 112 valence electrons. The molecule has 0 saturated carbocycles. The number of aromatic nitrogens is 1. The van der Waals surface area contributed by atoms with E-state index >= 15 is 0 Å². The standard InChI is InChI=1S/C16H19BrN2O2/c1-12-5-6-16(15(19-12)7-8-18)21-10-9-20-14-4-2-3-13(17)11-14/h2-6,11H,7-10,18H2,1H3. The third-order valence-corrected chi connectivity index (χ3v) is 3.35. The third kappa shape index (κ3) is 5.02. The van der Waals surface area contributed by atoms with Gasteiger partial charge >= 0.3 is 0 Å². The van der Waals surface area contributed by atoms with Gasteiger partial charge in [-0.1, -0.05) is 22.0 Å². The van der Waals surface area contributed by atoms with Crippen LogP contribution in [0.4, 0.5) is 0 Å². The van der Waals surface area contributed by atoms with Crippen molar-refractivity contribution in [3.05, 3.63) is 52.3 Å². The number of nitrogens with zero attached hydrogens (tertiary/aromatic N) is 1. The maximum atomic E-state index is 5.74. The molecule has 0 fully saturated rings. The zero-order chi connectivity index (χ0) is 15.1. The number of hydrogen-bond donors (Lipinski definition) is 1. The van der Waals surface area contributed by atoms with Gasteiger partial charge in [-0.25, -0.2) is 0 Å². The van der Waals surface area contributed by atoms with Crippen molar-refractivity contribution in [1.29, 1.82) is 0 Å². The number of halogens is 1. The van der Waals surface area contributed by atoms with E-state index in [-0.39, 0.29) is 0 Å². The van der Waals surface area contributed by atoms with Crippen molar-refractivity contribution in [3.8, 4) is 11.5 Å². The summed E-state index contributed by atoms with van der Waals surface area (Å²) >= 11 is 3.41. The molecule has 0 aliphatic carbocycles. The molecule has 0 amide bonds. The van der Waals surface area contributed by atoms with E-state index in [0.717, 1.165) is 27.4 Å². The molecule has 21 heavy (non-hydrogen) atoms. The first-order valence-corrected chi connectivity index (χ1v) is 7.66. The van der Waals surface area contributed by atoms with E-state index in [9.17, 15) is 0 Å². The molecule has 0 radical (unpaired) electrons. The van der Waals surface area contributed by atoms with Gasteiger partial charge in [0.05, 0.1) is 5.69 Å². The Balaban J connectivity index is 1.86. The monoisotopic (exact) mass is 350 g/mol. The van der Waals surface area contributed by atoms with Crippen LogP contribution in [0, 0.1) is 6.92 Å². The highest BCUT2D eigenvalue weighted by atomic mass is 79.9. The summed E-state index contributed by atoms with van der Waals surface area (Å²) in [6.45, 7) is 3.46. The average Bonchev–Trinajstić information content (AvgIpc) is 2.46. The van der Waals surface area contributed by atoms with Crippen molar-refractivity contribution in [1.82, 2.24) is 4.98 Å². The number of pyridine rings is 1. The zero-order valence-corrected chi connectivity index (χ0v) is 13.6. The molecule has 1 heterocycles. The van der Waals surface area contributed by atoms with Gasteiger partial charge in [0.25, 0.3) is 0 Å². The Labute approximate surface area is 133 Å². The summed E-state index contributed by atoms with van der Waals surface area (Å²) < 4.78 is 12.4. The lowest BCUT2D eigenvalue weighted by atomic mass is 10.2. The number of aryl methyl sites for hydroxylation is 1. The van der Waals surface area contributed by atoms with Gasteiger partial charge in [0.15, 0.2) is 0 Å². The minimum absolute atomic E-state index is 0.467. The molecule has 0 unspecified atom stereocenters. The molecule has 2 rings (SSSR count). The van der Waals surface area contributed by atoms with Crippen LogP contribution < -0.4 is 15.2 Å². The highest BCUT2D eigenvalue weighted by Crippen LogP contribution is 2.19.